The standard InChI is InChI=1S/C10H8ClF5N2O2S/c1-21(20,18-9(19)10(14,15)16)4-5-2-6(8(12)13)17-7(11)3-5/h2-4,8H,1H3,(H,18,19,20). The van der Waals surface area contributed by atoms with E-state index in [0.717, 1.165) is 18.4 Å². The Morgan fingerprint density at radius 3 is 2.48 bits per heavy atom. The minimum atomic E-state index is -5.21. The number of nitrogens with zero attached hydrogens (tertiary/aromatic N) is 1. The molecule has 0 aliphatic heterocycles. The molecule has 0 fully saturated rings. The molecule has 0 saturated carbocycles. The first-order valence-electron chi connectivity index (χ1n) is 5.09. The van der Waals surface area contributed by atoms with Gasteiger partial charge in [-0.2, -0.15) is 13.2 Å². The highest BCUT2D eigenvalue weighted by molar-refractivity contribution is 7.99. The Labute approximate surface area is 121 Å². The van der Waals surface area contributed by atoms with Gasteiger partial charge in [-0.1, -0.05) is 11.6 Å². The summed E-state index contributed by atoms with van der Waals surface area (Å²) in [6.07, 6.45) is -7.36. The van der Waals surface area contributed by atoms with Crippen molar-refractivity contribution in [3.8, 4) is 0 Å². The quantitative estimate of drug-likeness (QED) is 0.517. The number of hydrogen-bond donors (Lipinski definition) is 1. The van der Waals surface area contributed by atoms with Gasteiger partial charge in [-0.05, 0) is 17.7 Å². The van der Waals surface area contributed by atoms with E-state index in [1.165, 1.54) is 4.72 Å². The van der Waals surface area contributed by atoms with Crippen molar-refractivity contribution in [2.75, 3.05) is 6.26 Å². The van der Waals surface area contributed by atoms with Crippen LogP contribution in [-0.2, 0) is 14.5 Å². The lowest BCUT2D eigenvalue weighted by molar-refractivity contribution is -0.171. The molecule has 1 aromatic heterocycles. The molecular formula is C10H8ClF5N2O2S. The van der Waals surface area contributed by atoms with Crippen LogP contribution in [0.15, 0.2) is 12.1 Å². The lowest BCUT2D eigenvalue weighted by Gasteiger charge is -2.10. The number of rotatable bonds is 3. The maximum atomic E-state index is 12.5. The van der Waals surface area contributed by atoms with Gasteiger partial charge in [0.1, 0.15) is 10.8 Å². The van der Waals surface area contributed by atoms with E-state index in [9.17, 15) is 31.0 Å². The Morgan fingerprint density at radius 1 is 1.43 bits per heavy atom. The van der Waals surface area contributed by atoms with Crippen LogP contribution in [-0.4, -0.2) is 32.9 Å². The summed E-state index contributed by atoms with van der Waals surface area (Å²) < 4.78 is 74.4. The van der Waals surface area contributed by atoms with Crippen LogP contribution in [0.2, 0.25) is 5.15 Å². The molecule has 1 heterocycles. The van der Waals surface area contributed by atoms with E-state index in [1.807, 2.05) is 0 Å². The number of carbonyl (C=O) groups is 1. The number of halogens is 6. The number of alkyl halides is 5. The van der Waals surface area contributed by atoms with E-state index in [-0.39, 0.29) is 10.7 Å². The molecule has 0 aliphatic rings. The number of hydrogen-bond acceptors (Lipinski definition) is 3. The number of aromatic nitrogens is 1. The second kappa shape index (κ2) is 6.14. The van der Waals surface area contributed by atoms with Crippen LogP contribution in [0.4, 0.5) is 22.0 Å². The van der Waals surface area contributed by atoms with Gasteiger partial charge in [0.2, 0.25) is 0 Å². The van der Waals surface area contributed by atoms with Crippen LogP contribution in [0, 0.1) is 0 Å². The van der Waals surface area contributed by atoms with Gasteiger partial charge in [0.25, 0.3) is 6.43 Å². The van der Waals surface area contributed by atoms with Crippen molar-refractivity contribution in [1.82, 2.24) is 9.71 Å². The second-order valence-corrected chi connectivity index (χ2v) is 6.53. The van der Waals surface area contributed by atoms with Gasteiger partial charge >= 0.3 is 12.1 Å². The van der Waals surface area contributed by atoms with Gasteiger partial charge < -0.3 is 0 Å². The zero-order valence-electron chi connectivity index (χ0n) is 10.2. The third kappa shape index (κ3) is 5.46. The average Bonchev–Trinajstić information content (AvgIpc) is 2.24. The Kier molecular flexibility index (Phi) is 5.16. The van der Waals surface area contributed by atoms with Crippen molar-refractivity contribution in [1.29, 1.82) is 0 Å². The van der Waals surface area contributed by atoms with Crippen molar-refractivity contribution in [3.05, 3.63) is 28.5 Å². The Morgan fingerprint density at radius 2 is 2.00 bits per heavy atom. The molecule has 0 aliphatic carbocycles. The average molecular weight is 351 g/mol. The van der Waals surface area contributed by atoms with Crippen molar-refractivity contribution < 1.29 is 31.0 Å². The minimum absolute atomic E-state index is 0.153. The van der Waals surface area contributed by atoms with Gasteiger partial charge in [0.15, 0.2) is 0 Å². The molecule has 118 valence electrons. The Hall–Kier alpha value is -1.42. The van der Waals surface area contributed by atoms with E-state index in [0.29, 0.717) is 5.37 Å². The van der Waals surface area contributed by atoms with Gasteiger partial charge in [0, 0.05) is 11.6 Å². The number of pyridine rings is 1. The molecule has 0 spiro atoms. The van der Waals surface area contributed by atoms with E-state index in [1.54, 1.807) is 0 Å². The molecule has 1 amide bonds. The monoisotopic (exact) mass is 350 g/mol. The molecule has 11 heteroatoms. The summed E-state index contributed by atoms with van der Waals surface area (Å²) >= 11 is 5.48. The van der Waals surface area contributed by atoms with E-state index < -0.39 is 33.9 Å². The summed E-state index contributed by atoms with van der Waals surface area (Å²) in [6, 6.07) is 1.83. The molecule has 1 aromatic rings. The predicted octanol–water partition coefficient (Wildman–Crippen LogP) is 2.33. The summed E-state index contributed by atoms with van der Waals surface area (Å²) in [7, 11) is -3.60. The second-order valence-electron chi connectivity index (χ2n) is 3.90. The fourth-order valence-electron chi connectivity index (χ4n) is 1.25. The van der Waals surface area contributed by atoms with Gasteiger partial charge in [-0.3, -0.25) is 9.52 Å². The summed E-state index contributed by atoms with van der Waals surface area (Å²) in [5.41, 5.74) is -0.883. The van der Waals surface area contributed by atoms with Gasteiger partial charge in [-0.15, -0.1) is 0 Å². The molecule has 21 heavy (non-hydrogen) atoms. The molecule has 0 radical (unpaired) electrons. The van der Waals surface area contributed by atoms with Crippen molar-refractivity contribution in [2.45, 2.75) is 12.6 Å². The molecule has 1 N–H and O–H groups in total. The van der Waals surface area contributed by atoms with Crippen molar-refractivity contribution in [3.63, 3.8) is 0 Å². The Balaban J connectivity index is 3.17. The first kappa shape index (κ1) is 17.6. The zero-order chi connectivity index (χ0) is 16.4. The largest absolute Gasteiger partial charge is 0.472 e. The molecular weight excluding hydrogens is 343 g/mol. The third-order valence-electron chi connectivity index (χ3n) is 1.97. The van der Waals surface area contributed by atoms with Gasteiger partial charge in [-0.25, -0.2) is 18.0 Å². The summed E-state index contributed by atoms with van der Waals surface area (Å²) in [4.78, 5) is 14.0. The SMILES string of the molecule is CS(=O)(=Cc1cc(Cl)nc(C(F)F)c1)NC(=O)C(F)(F)F. The van der Waals surface area contributed by atoms with Crippen LogP contribution in [0.5, 0.6) is 0 Å². The maximum absolute atomic E-state index is 12.5. The van der Waals surface area contributed by atoms with E-state index in [2.05, 4.69) is 4.98 Å². The first-order chi connectivity index (χ1) is 9.40. The van der Waals surface area contributed by atoms with Crippen LogP contribution >= 0.6 is 11.6 Å². The lowest BCUT2D eigenvalue weighted by atomic mass is 10.2. The Bertz CT molecular complexity index is 668. The van der Waals surface area contributed by atoms with Crippen molar-refractivity contribution in [2.24, 2.45) is 0 Å². The highest BCUT2D eigenvalue weighted by atomic mass is 35.5. The molecule has 1 unspecified atom stereocenters. The van der Waals surface area contributed by atoms with Crippen LogP contribution in [0.3, 0.4) is 0 Å². The van der Waals surface area contributed by atoms with Crippen LogP contribution < -0.4 is 4.72 Å². The topological polar surface area (TPSA) is 59.1 Å². The summed E-state index contributed by atoms with van der Waals surface area (Å²) in [5.74, 6) is -2.40. The minimum Gasteiger partial charge on any atom is -0.275 e. The molecule has 4 nitrogen and oxygen atoms in total. The lowest BCUT2D eigenvalue weighted by Crippen LogP contribution is -2.40. The predicted molar refractivity (Wildman–Crippen MR) is 67.6 cm³/mol. The number of carbonyl (C=O) groups excluding carboxylic acids is 1. The van der Waals surface area contributed by atoms with Crippen LogP contribution in [0.25, 0.3) is 0 Å². The number of amides is 1. The summed E-state index contributed by atoms with van der Waals surface area (Å²) in [5, 5.41) is 0.354. The van der Waals surface area contributed by atoms with Crippen LogP contribution in [0.1, 0.15) is 17.7 Å². The highest BCUT2D eigenvalue weighted by Crippen LogP contribution is 2.20. The smallest absolute Gasteiger partial charge is 0.275 e. The van der Waals surface area contributed by atoms with E-state index >= 15 is 0 Å². The van der Waals surface area contributed by atoms with Gasteiger partial charge in [0.05, 0.1) is 9.71 Å². The molecule has 0 aromatic carbocycles. The number of nitrogens with one attached hydrogen (secondary N) is 1. The molecule has 0 bridgehead atoms. The fourth-order valence-corrected chi connectivity index (χ4v) is 2.67. The molecule has 0 saturated heterocycles. The highest BCUT2D eigenvalue weighted by Gasteiger charge is 2.39. The third-order valence-corrected chi connectivity index (χ3v) is 3.48. The normalized spacial score (nSPS) is 14.7. The maximum Gasteiger partial charge on any atom is 0.472 e. The molecule has 1 rings (SSSR count). The zero-order valence-corrected chi connectivity index (χ0v) is 11.8. The fraction of sp³-hybridized carbons (Fsp3) is 0.300. The summed E-state index contributed by atoms with van der Waals surface area (Å²) in [6.45, 7) is 0. The van der Waals surface area contributed by atoms with Crippen molar-refractivity contribution >= 4 is 32.6 Å². The first-order valence-corrected chi connectivity index (χ1v) is 7.50. The molecule has 1 atom stereocenters. The van der Waals surface area contributed by atoms with E-state index in [4.69, 9.17) is 11.6 Å².